The molecule has 0 amide bonds. The molecule has 1 unspecified atom stereocenters. The lowest BCUT2D eigenvalue weighted by molar-refractivity contribution is 0.413. The van der Waals surface area contributed by atoms with Gasteiger partial charge in [-0.1, -0.05) is 0 Å². The highest BCUT2D eigenvalue weighted by Gasteiger charge is 2.33. The zero-order valence-corrected chi connectivity index (χ0v) is 12.3. The molecule has 6 heteroatoms. The van der Waals surface area contributed by atoms with Crippen molar-refractivity contribution in [2.75, 3.05) is 20.2 Å². The molecule has 1 aromatic carbocycles. The van der Waals surface area contributed by atoms with Crippen molar-refractivity contribution in [3.8, 4) is 5.75 Å². The first-order valence-corrected chi connectivity index (χ1v) is 7.71. The molecule has 0 aromatic heterocycles. The van der Waals surface area contributed by atoms with Gasteiger partial charge in [0.1, 0.15) is 5.75 Å². The van der Waals surface area contributed by atoms with Crippen LogP contribution in [0.1, 0.15) is 17.5 Å². The maximum atomic E-state index is 12.7. The van der Waals surface area contributed by atoms with Gasteiger partial charge in [-0.15, -0.1) is 0 Å². The summed E-state index contributed by atoms with van der Waals surface area (Å²) in [6, 6.07) is 3.43. The number of benzene rings is 1. The fourth-order valence-corrected chi connectivity index (χ4v) is 4.46. The fraction of sp³-hybridized carbons (Fsp3) is 0.538. The smallest absolute Gasteiger partial charge is 0.243 e. The van der Waals surface area contributed by atoms with Gasteiger partial charge in [-0.3, -0.25) is 0 Å². The molecule has 106 valence electrons. The number of methoxy groups -OCH3 is 1. The van der Waals surface area contributed by atoms with Crippen LogP contribution >= 0.6 is 0 Å². The third-order valence-corrected chi connectivity index (χ3v) is 5.63. The Morgan fingerprint density at radius 2 is 1.89 bits per heavy atom. The van der Waals surface area contributed by atoms with E-state index >= 15 is 0 Å². The first kappa shape index (κ1) is 14.3. The average molecular weight is 284 g/mol. The molecule has 1 heterocycles. The quantitative estimate of drug-likeness (QED) is 0.900. The summed E-state index contributed by atoms with van der Waals surface area (Å²) < 4.78 is 31.9. The summed E-state index contributed by atoms with van der Waals surface area (Å²) in [5, 5.41) is 0. The lowest BCUT2D eigenvalue weighted by atomic mass is 10.1. The predicted molar refractivity (Wildman–Crippen MR) is 73.8 cm³/mol. The van der Waals surface area contributed by atoms with E-state index in [9.17, 15) is 8.42 Å². The number of sulfonamides is 1. The van der Waals surface area contributed by atoms with Crippen LogP contribution < -0.4 is 10.5 Å². The molecule has 1 atom stereocenters. The van der Waals surface area contributed by atoms with E-state index in [2.05, 4.69) is 0 Å². The van der Waals surface area contributed by atoms with Gasteiger partial charge in [-0.2, -0.15) is 4.31 Å². The number of nitrogens with zero attached hydrogens (tertiary/aromatic N) is 1. The lowest BCUT2D eigenvalue weighted by Gasteiger charge is -2.19. The van der Waals surface area contributed by atoms with E-state index in [1.54, 1.807) is 33.1 Å². The molecule has 0 saturated carbocycles. The van der Waals surface area contributed by atoms with Crippen LogP contribution in [0.15, 0.2) is 17.0 Å². The van der Waals surface area contributed by atoms with Crippen molar-refractivity contribution in [1.82, 2.24) is 4.31 Å². The number of nitrogens with two attached hydrogens (primary N) is 1. The molecule has 1 aliphatic rings. The van der Waals surface area contributed by atoms with E-state index in [1.807, 2.05) is 0 Å². The van der Waals surface area contributed by atoms with E-state index in [-0.39, 0.29) is 6.04 Å². The molecule has 2 N–H and O–H groups in total. The summed E-state index contributed by atoms with van der Waals surface area (Å²) >= 11 is 0. The Labute approximate surface area is 114 Å². The van der Waals surface area contributed by atoms with E-state index in [0.717, 1.165) is 0 Å². The normalized spacial score (nSPS) is 20.7. The minimum atomic E-state index is -3.46. The van der Waals surface area contributed by atoms with Crippen molar-refractivity contribution in [2.45, 2.75) is 31.2 Å². The molecule has 1 fully saturated rings. The zero-order chi connectivity index (χ0) is 14.2. The topological polar surface area (TPSA) is 72.6 Å². The molecule has 5 nitrogen and oxygen atoms in total. The minimum absolute atomic E-state index is 0.0614. The van der Waals surface area contributed by atoms with Crippen LogP contribution in [0.2, 0.25) is 0 Å². The Kier molecular flexibility index (Phi) is 3.85. The number of ether oxygens (including phenoxy) is 1. The maximum Gasteiger partial charge on any atom is 0.243 e. The van der Waals surface area contributed by atoms with E-state index < -0.39 is 10.0 Å². The van der Waals surface area contributed by atoms with Gasteiger partial charge in [0.2, 0.25) is 10.0 Å². The average Bonchev–Trinajstić information content (AvgIpc) is 2.75. The molecule has 19 heavy (non-hydrogen) atoms. The molecular weight excluding hydrogens is 264 g/mol. The van der Waals surface area contributed by atoms with Gasteiger partial charge in [-0.05, 0) is 43.5 Å². The Bertz CT molecular complexity index is 561. The Balaban J connectivity index is 2.46. The van der Waals surface area contributed by atoms with Crippen LogP contribution in [0.5, 0.6) is 5.75 Å². The third kappa shape index (κ3) is 2.61. The van der Waals surface area contributed by atoms with Crippen molar-refractivity contribution in [1.29, 1.82) is 0 Å². The Hall–Kier alpha value is -1.11. The summed E-state index contributed by atoms with van der Waals surface area (Å²) in [5.74, 6) is 0.673. The SMILES string of the molecule is COc1cc(C)c(S(=O)(=O)N2CCC(N)C2)c(C)c1. The summed E-state index contributed by atoms with van der Waals surface area (Å²) in [7, 11) is -1.89. The zero-order valence-electron chi connectivity index (χ0n) is 11.5. The number of aryl methyl sites for hydroxylation is 2. The number of hydrogen-bond acceptors (Lipinski definition) is 4. The van der Waals surface area contributed by atoms with Crippen molar-refractivity contribution in [2.24, 2.45) is 5.73 Å². The molecule has 0 bridgehead atoms. The fourth-order valence-electron chi connectivity index (χ4n) is 2.54. The van der Waals surface area contributed by atoms with Crippen molar-refractivity contribution in [3.63, 3.8) is 0 Å². The largest absolute Gasteiger partial charge is 0.497 e. The second-order valence-corrected chi connectivity index (χ2v) is 6.88. The van der Waals surface area contributed by atoms with Gasteiger partial charge in [0, 0.05) is 19.1 Å². The van der Waals surface area contributed by atoms with Gasteiger partial charge >= 0.3 is 0 Å². The first-order chi connectivity index (χ1) is 8.86. The molecule has 1 saturated heterocycles. The highest BCUT2D eigenvalue weighted by Crippen LogP contribution is 2.29. The van der Waals surface area contributed by atoms with E-state index in [1.165, 1.54) is 4.31 Å². The minimum Gasteiger partial charge on any atom is -0.497 e. The summed E-state index contributed by atoms with van der Waals surface area (Å²) in [6.45, 7) is 4.47. The molecule has 1 aromatic rings. The van der Waals surface area contributed by atoms with Crippen molar-refractivity contribution >= 4 is 10.0 Å². The van der Waals surface area contributed by atoms with Crippen molar-refractivity contribution < 1.29 is 13.2 Å². The van der Waals surface area contributed by atoms with Crippen LogP contribution in [0.25, 0.3) is 0 Å². The molecule has 0 radical (unpaired) electrons. The van der Waals surface area contributed by atoms with Gasteiger partial charge in [0.05, 0.1) is 12.0 Å². The maximum absolute atomic E-state index is 12.7. The molecule has 1 aliphatic heterocycles. The summed E-state index contributed by atoms with van der Waals surface area (Å²) in [4.78, 5) is 0.377. The van der Waals surface area contributed by atoms with E-state index in [4.69, 9.17) is 10.5 Å². The number of hydrogen-bond donors (Lipinski definition) is 1. The monoisotopic (exact) mass is 284 g/mol. The second kappa shape index (κ2) is 5.11. The van der Waals surface area contributed by atoms with Crippen LogP contribution in [0, 0.1) is 13.8 Å². The van der Waals surface area contributed by atoms with Gasteiger partial charge in [-0.25, -0.2) is 8.42 Å². The van der Waals surface area contributed by atoms with Crippen molar-refractivity contribution in [3.05, 3.63) is 23.3 Å². The molecule has 2 rings (SSSR count). The second-order valence-electron chi connectivity index (χ2n) is 5.00. The summed E-state index contributed by atoms with van der Waals surface area (Å²) in [6.07, 6.45) is 0.716. The number of rotatable bonds is 3. The molecular formula is C13H20N2O3S. The first-order valence-electron chi connectivity index (χ1n) is 6.27. The van der Waals surface area contributed by atoms with E-state index in [0.29, 0.717) is 41.3 Å². The third-order valence-electron chi connectivity index (χ3n) is 3.45. The highest BCUT2D eigenvalue weighted by atomic mass is 32.2. The summed E-state index contributed by atoms with van der Waals surface area (Å²) in [5.41, 5.74) is 7.21. The van der Waals surface area contributed by atoms with Crippen LogP contribution in [-0.2, 0) is 10.0 Å². The van der Waals surface area contributed by atoms with Crippen LogP contribution in [0.4, 0.5) is 0 Å². The van der Waals surface area contributed by atoms with Gasteiger partial charge < -0.3 is 10.5 Å². The van der Waals surface area contributed by atoms with Crippen LogP contribution in [0.3, 0.4) is 0 Å². The van der Waals surface area contributed by atoms with Crippen LogP contribution in [-0.4, -0.2) is 39.0 Å². The Morgan fingerprint density at radius 1 is 1.32 bits per heavy atom. The van der Waals surface area contributed by atoms with Gasteiger partial charge in [0.15, 0.2) is 0 Å². The lowest BCUT2D eigenvalue weighted by Crippen LogP contribution is -2.32. The molecule has 0 aliphatic carbocycles. The standard InChI is InChI=1S/C13H20N2O3S/c1-9-6-12(18-3)7-10(2)13(9)19(16,17)15-5-4-11(14)8-15/h6-7,11H,4-5,8,14H2,1-3H3. The molecule has 0 spiro atoms. The van der Waals surface area contributed by atoms with Gasteiger partial charge in [0.25, 0.3) is 0 Å². The Morgan fingerprint density at radius 3 is 2.32 bits per heavy atom. The predicted octanol–water partition coefficient (Wildman–Crippen LogP) is 1.03. The highest BCUT2D eigenvalue weighted by molar-refractivity contribution is 7.89.